The van der Waals surface area contributed by atoms with E-state index in [0.29, 0.717) is 35.2 Å². The predicted octanol–water partition coefficient (Wildman–Crippen LogP) is 6.78. The maximum Gasteiger partial charge on any atom is 0.204 e. The second-order valence-electron chi connectivity index (χ2n) is 15.8. The van der Waals surface area contributed by atoms with Crippen molar-refractivity contribution in [1.29, 1.82) is 0 Å². The molecule has 9 rings (SSSR count). The highest BCUT2D eigenvalue weighted by atomic mass is 16.5. The first-order chi connectivity index (χ1) is 26.8. The number of methoxy groups -OCH3 is 3. The Bertz CT molecular complexity index is 2020. The number of fused-ring (bicyclic) bond motifs is 2. The maximum absolute atomic E-state index is 10.9. The van der Waals surface area contributed by atoms with Crippen LogP contribution in [0, 0.1) is 0 Å². The fourth-order valence-electron chi connectivity index (χ4n) is 9.21. The third-order valence-electron chi connectivity index (χ3n) is 12.4. The monoisotopic (exact) mass is 748 g/mol. The summed E-state index contributed by atoms with van der Waals surface area (Å²) in [7, 11) is 11.7. The molecule has 10 nitrogen and oxygen atoms in total. The lowest BCUT2D eigenvalue weighted by Gasteiger charge is -2.39. The number of benzene rings is 4. The van der Waals surface area contributed by atoms with Crippen LogP contribution in [0.2, 0.25) is 0 Å². The number of hydrogen-bond donors (Lipinski definition) is 1. The molecule has 1 N–H and O–H groups in total. The standard InChI is InChI=1S/C45H56N4O6/c1-46-16-7-17-49(21-20-46)27-36-34-15-19-48(3)38-23-30-10-13-39(51-4)41(24-30)54-33-11-8-29(9-12-33)22-37-35-26-40(32(28-50)25-31(35)14-18-47(37)2)55-44(42(34)38)45(53-6)43(36)52-5/h8-13,24-26,37-38,50H,7,14-23,27-28H2,1-6H3/t37-,38-/m0/s1. The van der Waals surface area contributed by atoms with Crippen LogP contribution in [0.1, 0.15) is 63.0 Å². The van der Waals surface area contributed by atoms with Crippen molar-refractivity contribution >= 4 is 0 Å². The van der Waals surface area contributed by atoms with E-state index in [1.54, 1.807) is 21.3 Å². The second kappa shape index (κ2) is 16.0. The third kappa shape index (κ3) is 7.38. The Morgan fingerprint density at radius 3 is 2.22 bits per heavy atom. The van der Waals surface area contributed by atoms with Crippen molar-refractivity contribution in [3.05, 3.63) is 99.1 Å². The summed E-state index contributed by atoms with van der Waals surface area (Å²) in [5.41, 5.74) is 9.11. The minimum Gasteiger partial charge on any atom is -0.493 e. The van der Waals surface area contributed by atoms with E-state index < -0.39 is 0 Å². The smallest absolute Gasteiger partial charge is 0.204 e. The summed E-state index contributed by atoms with van der Waals surface area (Å²) in [6.07, 6.45) is 4.39. The van der Waals surface area contributed by atoms with E-state index >= 15 is 0 Å². The van der Waals surface area contributed by atoms with Gasteiger partial charge in [0.2, 0.25) is 5.75 Å². The van der Waals surface area contributed by atoms with E-state index in [1.807, 2.05) is 6.07 Å². The van der Waals surface area contributed by atoms with E-state index in [0.717, 1.165) is 99.7 Å². The lowest BCUT2D eigenvalue weighted by molar-refractivity contribution is 0.215. The van der Waals surface area contributed by atoms with Crippen LogP contribution in [0.15, 0.2) is 54.6 Å². The number of nitrogens with zero attached hydrogens (tertiary/aromatic N) is 4. The molecule has 0 unspecified atom stereocenters. The molecule has 5 heterocycles. The summed E-state index contributed by atoms with van der Waals surface area (Å²) in [4.78, 5) is 9.83. The zero-order valence-electron chi connectivity index (χ0n) is 33.3. The van der Waals surface area contributed by atoms with Crippen molar-refractivity contribution in [1.82, 2.24) is 19.6 Å². The van der Waals surface area contributed by atoms with Gasteiger partial charge < -0.3 is 33.7 Å². The van der Waals surface area contributed by atoms with Gasteiger partial charge in [0.15, 0.2) is 23.0 Å². The molecule has 292 valence electrons. The molecule has 0 aromatic heterocycles. The molecular weight excluding hydrogens is 693 g/mol. The average Bonchev–Trinajstić information content (AvgIpc) is 3.40. The van der Waals surface area contributed by atoms with Gasteiger partial charge in [-0.1, -0.05) is 18.2 Å². The topological polar surface area (TPSA) is 79.3 Å². The molecule has 5 aliphatic rings. The molecule has 0 saturated carbocycles. The summed E-state index contributed by atoms with van der Waals surface area (Å²) >= 11 is 0. The van der Waals surface area contributed by atoms with Crippen LogP contribution < -0.4 is 23.7 Å². The normalized spacial score (nSPS) is 20.7. The Labute approximate surface area is 326 Å². The fourth-order valence-corrected chi connectivity index (χ4v) is 9.21. The SMILES string of the molecule is COc1ccc2cc1Oc1ccc(cc1)C[C@H]1c3cc(c(CO)cc3CCN1C)Oc1c(OC)c(OC)c(CN3CCCN(C)CC3)c3c1[C@H](C2)N(C)CC3. The molecule has 0 aliphatic carbocycles. The molecule has 6 bridgehead atoms. The summed E-state index contributed by atoms with van der Waals surface area (Å²) in [6, 6.07) is 19.1. The van der Waals surface area contributed by atoms with E-state index in [-0.39, 0.29) is 18.7 Å². The van der Waals surface area contributed by atoms with E-state index in [1.165, 1.54) is 27.8 Å². The first-order valence-corrected chi connectivity index (χ1v) is 19.8. The van der Waals surface area contributed by atoms with Crippen molar-refractivity contribution in [2.24, 2.45) is 0 Å². The van der Waals surface area contributed by atoms with E-state index in [4.69, 9.17) is 23.7 Å². The van der Waals surface area contributed by atoms with Crippen molar-refractivity contribution < 1.29 is 28.8 Å². The van der Waals surface area contributed by atoms with Gasteiger partial charge in [0.05, 0.1) is 27.9 Å². The number of rotatable bonds is 6. The van der Waals surface area contributed by atoms with Crippen molar-refractivity contribution in [2.45, 2.75) is 57.3 Å². The molecule has 0 spiro atoms. The van der Waals surface area contributed by atoms with Crippen molar-refractivity contribution in [3.63, 3.8) is 0 Å². The number of aliphatic hydroxyl groups is 1. The highest BCUT2D eigenvalue weighted by molar-refractivity contribution is 5.67. The van der Waals surface area contributed by atoms with Crippen molar-refractivity contribution in [3.8, 4) is 40.2 Å². The zero-order valence-corrected chi connectivity index (χ0v) is 33.3. The minimum atomic E-state index is -0.133. The number of aliphatic hydroxyl groups excluding tert-OH is 1. The van der Waals surface area contributed by atoms with Gasteiger partial charge in [-0.25, -0.2) is 0 Å². The van der Waals surface area contributed by atoms with Gasteiger partial charge in [-0.15, -0.1) is 0 Å². The molecule has 0 amide bonds. The Hall–Kier alpha value is -4.32. The Morgan fingerprint density at radius 2 is 1.45 bits per heavy atom. The number of likely N-dealkylation sites (N-methyl/N-ethyl adjacent to an activating group) is 3. The first kappa shape index (κ1) is 37.6. The molecule has 1 saturated heterocycles. The van der Waals surface area contributed by atoms with Crippen LogP contribution in [-0.4, -0.2) is 106 Å². The molecule has 55 heavy (non-hydrogen) atoms. The van der Waals surface area contributed by atoms with Crippen molar-refractivity contribution in [2.75, 3.05) is 81.7 Å². The van der Waals surface area contributed by atoms with E-state index in [9.17, 15) is 5.11 Å². The second-order valence-corrected chi connectivity index (χ2v) is 15.8. The molecule has 5 aliphatic heterocycles. The fraction of sp³-hybridized carbons (Fsp3) is 0.467. The van der Waals surface area contributed by atoms with Crippen LogP contribution in [0.5, 0.6) is 40.2 Å². The highest BCUT2D eigenvalue weighted by Crippen LogP contribution is 2.53. The largest absolute Gasteiger partial charge is 0.493 e. The van der Waals surface area contributed by atoms with Gasteiger partial charge in [0.1, 0.15) is 11.5 Å². The summed E-state index contributed by atoms with van der Waals surface area (Å²) in [5.74, 6) is 4.76. The summed E-state index contributed by atoms with van der Waals surface area (Å²) < 4.78 is 32.3. The van der Waals surface area contributed by atoms with Gasteiger partial charge >= 0.3 is 0 Å². The number of ether oxygens (including phenoxy) is 5. The third-order valence-corrected chi connectivity index (χ3v) is 12.4. The van der Waals surface area contributed by atoms with Crippen LogP contribution >= 0.6 is 0 Å². The molecular formula is C45H56N4O6. The predicted molar refractivity (Wildman–Crippen MR) is 214 cm³/mol. The van der Waals surface area contributed by atoms with Gasteiger partial charge in [0.25, 0.3) is 0 Å². The lowest BCUT2D eigenvalue weighted by atomic mass is 9.84. The lowest BCUT2D eigenvalue weighted by Crippen LogP contribution is -2.36. The summed E-state index contributed by atoms with van der Waals surface area (Å²) in [5, 5.41) is 10.9. The Morgan fingerprint density at radius 1 is 0.709 bits per heavy atom. The van der Waals surface area contributed by atoms with Crippen LogP contribution in [0.25, 0.3) is 0 Å². The molecule has 0 radical (unpaired) electrons. The van der Waals surface area contributed by atoms with Crippen LogP contribution in [0.4, 0.5) is 0 Å². The summed E-state index contributed by atoms with van der Waals surface area (Å²) in [6.45, 7) is 6.57. The van der Waals surface area contributed by atoms with Gasteiger partial charge in [0, 0.05) is 61.5 Å². The average molecular weight is 749 g/mol. The molecule has 4 aromatic carbocycles. The number of hydrogen-bond acceptors (Lipinski definition) is 10. The minimum absolute atomic E-state index is 0.0546. The molecule has 1 fully saturated rings. The van der Waals surface area contributed by atoms with Gasteiger partial charge in [-0.2, -0.15) is 0 Å². The Balaban J connectivity index is 1.36. The highest BCUT2D eigenvalue weighted by Gasteiger charge is 2.37. The maximum atomic E-state index is 10.9. The molecule has 10 heteroatoms. The van der Waals surface area contributed by atoms with Crippen LogP contribution in [-0.2, 0) is 38.8 Å². The Kier molecular flexibility index (Phi) is 11.0. The first-order valence-electron chi connectivity index (χ1n) is 19.8. The van der Waals surface area contributed by atoms with Gasteiger partial charge in [-0.05, 0) is 131 Å². The van der Waals surface area contributed by atoms with E-state index in [2.05, 4.69) is 89.3 Å². The molecule has 4 aromatic rings. The quantitative estimate of drug-likeness (QED) is 0.228. The molecule has 2 atom stereocenters. The zero-order chi connectivity index (χ0) is 38.2. The van der Waals surface area contributed by atoms with Gasteiger partial charge in [-0.3, -0.25) is 14.7 Å². The van der Waals surface area contributed by atoms with Crippen LogP contribution in [0.3, 0.4) is 0 Å².